The van der Waals surface area contributed by atoms with Crippen LogP contribution in [-0.2, 0) is 0 Å². The van der Waals surface area contributed by atoms with Gasteiger partial charge in [-0.3, -0.25) is 0 Å². The lowest BCUT2D eigenvalue weighted by atomic mass is 9.83. The average Bonchev–Trinajstić information content (AvgIpc) is 2.40. The molecule has 0 aromatic carbocycles. The van der Waals surface area contributed by atoms with Crippen LogP contribution < -0.4 is 5.32 Å². The number of hydrogen-bond donors (Lipinski definition) is 1. The lowest BCUT2D eigenvalue weighted by Crippen LogP contribution is -2.46. The molecular weight excluding hydrogens is 208 g/mol. The minimum absolute atomic E-state index is 0.901. The van der Waals surface area contributed by atoms with Crippen molar-refractivity contribution in [2.24, 2.45) is 11.8 Å². The fraction of sp³-hybridized carbons (Fsp3) is 1.00. The van der Waals surface area contributed by atoms with E-state index in [2.05, 4.69) is 24.2 Å². The van der Waals surface area contributed by atoms with Gasteiger partial charge < -0.3 is 10.2 Å². The van der Waals surface area contributed by atoms with E-state index in [0.717, 1.165) is 17.9 Å². The summed E-state index contributed by atoms with van der Waals surface area (Å²) in [5.74, 6) is 1.93. The molecule has 1 saturated heterocycles. The van der Waals surface area contributed by atoms with Crippen molar-refractivity contribution in [2.75, 3.05) is 26.7 Å². The Balaban J connectivity index is 1.77. The minimum Gasteiger partial charge on any atom is -0.319 e. The van der Waals surface area contributed by atoms with Crippen LogP contribution in [0, 0.1) is 11.8 Å². The maximum atomic E-state index is 3.35. The molecule has 1 aliphatic heterocycles. The van der Waals surface area contributed by atoms with Crippen molar-refractivity contribution in [3.63, 3.8) is 0 Å². The molecule has 2 aliphatic rings. The summed E-state index contributed by atoms with van der Waals surface area (Å²) >= 11 is 0. The normalized spacial score (nSPS) is 36.0. The number of hydrogen-bond acceptors (Lipinski definition) is 2. The van der Waals surface area contributed by atoms with Gasteiger partial charge in [-0.1, -0.05) is 13.3 Å². The van der Waals surface area contributed by atoms with E-state index in [1.165, 1.54) is 64.6 Å². The number of piperidine rings is 1. The first-order chi connectivity index (χ1) is 8.33. The Morgan fingerprint density at radius 2 is 1.82 bits per heavy atom. The molecule has 2 fully saturated rings. The largest absolute Gasteiger partial charge is 0.319 e. The SMILES string of the molecule is CCC1CCC(N2CCCC(CNC)C2)CC1. The van der Waals surface area contributed by atoms with Gasteiger partial charge in [0.05, 0.1) is 0 Å². The Morgan fingerprint density at radius 3 is 2.47 bits per heavy atom. The summed E-state index contributed by atoms with van der Waals surface area (Å²) in [6.45, 7) is 6.28. The van der Waals surface area contributed by atoms with Gasteiger partial charge in [0, 0.05) is 12.6 Å². The highest BCUT2D eigenvalue weighted by Crippen LogP contribution is 2.31. The van der Waals surface area contributed by atoms with Crippen LogP contribution in [0.5, 0.6) is 0 Å². The third-order valence-corrected chi connectivity index (χ3v) is 4.95. The van der Waals surface area contributed by atoms with Crippen LogP contribution in [-0.4, -0.2) is 37.6 Å². The van der Waals surface area contributed by atoms with Crippen LogP contribution in [0.4, 0.5) is 0 Å². The Kier molecular flexibility index (Phi) is 5.30. The van der Waals surface area contributed by atoms with E-state index in [4.69, 9.17) is 0 Å². The molecule has 17 heavy (non-hydrogen) atoms. The summed E-state index contributed by atoms with van der Waals surface area (Å²) in [4.78, 5) is 2.80. The fourth-order valence-electron chi connectivity index (χ4n) is 3.80. The van der Waals surface area contributed by atoms with Crippen molar-refractivity contribution in [1.29, 1.82) is 0 Å². The molecule has 1 aliphatic carbocycles. The highest BCUT2D eigenvalue weighted by atomic mass is 15.2. The summed E-state index contributed by atoms with van der Waals surface area (Å²) in [5.41, 5.74) is 0. The standard InChI is InChI=1S/C15H30N2/c1-3-13-6-8-15(9-7-13)17-10-4-5-14(12-17)11-16-2/h13-16H,3-12H2,1-2H3. The Bertz CT molecular complexity index is 207. The molecule has 2 nitrogen and oxygen atoms in total. The molecule has 1 saturated carbocycles. The van der Waals surface area contributed by atoms with Crippen molar-refractivity contribution < 1.29 is 0 Å². The van der Waals surface area contributed by atoms with Crippen molar-refractivity contribution in [2.45, 2.75) is 57.9 Å². The van der Waals surface area contributed by atoms with E-state index in [1.54, 1.807) is 0 Å². The highest BCUT2D eigenvalue weighted by molar-refractivity contribution is 4.83. The Morgan fingerprint density at radius 1 is 1.06 bits per heavy atom. The smallest absolute Gasteiger partial charge is 0.00955 e. The second-order valence-corrected chi connectivity index (χ2v) is 6.14. The van der Waals surface area contributed by atoms with E-state index in [9.17, 15) is 0 Å². The molecule has 0 bridgehead atoms. The van der Waals surface area contributed by atoms with Gasteiger partial charge in [-0.05, 0) is 70.5 Å². The number of rotatable bonds is 4. The molecule has 2 rings (SSSR count). The van der Waals surface area contributed by atoms with Crippen LogP contribution >= 0.6 is 0 Å². The van der Waals surface area contributed by atoms with Crippen LogP contribution in [0.1, 0.15) is 51.9 Å². The highest BCUT2D eigenvalue weighted by Gasteiger charge is 2.28. The third-order valence-electron chi connectivity index (χ3n) is 4.95. The van der Waals surface area contributed by atoms with Gasteiger partial charge in [-0.15, -0.1) is 0 Å². The molecule has 0 aromatic rings. The molecule has 100 valence electrons. The van der Waals surface area contributed by atoms with E-state index in [0.29, 0.717) is 0 Å². The van der Waals surface area contributed by atoms with Crippen molar-refractivity contribution >= 4 is 0 Å². The maximum Gasteiger partial charge on any atom is 0.00955 e. The summed E-state index contributed by atoms with van der Waals surface area (Å²) in [5, 5.41) is 3.35. The predicted octanol–water partition coefficient (Wildman–Crippen LogP) is 2.89. The lowest BCUT2D eigenvalue weighted by molar-refractivity contribution is 0.0866. The van der Waals surface area contributed by atoms with Gasteiger partial charge in [0.2, 0.25) is 0 Å². The third kappa shape index (κ3) is 3.69. The predicted molar refractivity (Wildman–Crippen MR) is 74.3 cm³/mol. The van der Waals surface area contributed by atoms with Crippen molar-refractivity contribution in [3.05, 3.63) is 0 Å². The lowest BCUT2D eigenvalue weighted by Gasteiger charge is -2.41. The van der Waals surface area contributed by atoms with Gasteiger partial charge in [0.15, 0.2) is 0 Å². The first-order valence-electron chi connectivity index (χ1n) is 7.72. The van der Waals surface area contributed by atoms with Crippen molar-refractivity contribution in [3.8, 4) is 0 Å². The quantitative estimate of drug-likeness (QED) is 0.810. The van der Waals surface area contributed by atoms with Crippen LogP contribution in [0.2, 0.25) is 0 Å². The topological polar surface area (TPSA) is 15.3 Å². The van der Waals surface area contributed by atoms with Crippen molar-refractivity contribution in [1.82, 2.24) is 10.2 Å². The van der Waals surface area contributed by atoms with Gasteiger partial charge in [0.25, 0.3) is 0 Å². The molecule has 1 heterocycles. The molecule has 0 aromatic heterocycles. The van der Waals surface area contributed by atoms with Gasteiger partial charge in [-0.25, -0.2) is 0 Å². The zero-order valence-electron chi connectivity index (χ0n) is 11.8. The van der Waals surface area contributed by atoms with E-state index in [1.807, 2.05) is 0 Å². The summed E-state index contributed by atoms with van der Waals surface area (Å²) in [6.07, 6.45) is 10.1. The Hall–Kier alpha value is -0.0800. The molecule has 0 radical (unpaired) electrons. The average molecular weight is 238 g/mol. The first-order valence-corrected chi connectivity index (χ1v) is 7.72. The number of nitrogens with zero attached hydrogens (tertiary/aromatic N) is 1. The van der Waals surface area contributed by atoms with E-state index >= 15 is 0 Å². The zero-order chi connectivity index (χ0) is 12.1. The van der Waals surface area contributed by atoms with Gasteiger partial charge >= 0.3 is 0 Å². The fourth-order valence-corrected chi connectivity index (χ4v) is 3.80. The summed E-state index contributed by atoms with van der Waals surface area (Å²) < 4.78 is 0. The second-order valence-electron chi connectivity index (χ2n) is 6.14. The molecule has 0 amide bonds. The molecule has 2 heteroatoms. The van der Waals surface area contributed by atoms with E-state index in [-0.39, 0.29) is 0 Å². The molecule has 1 atom stereocenters. The van der Waals surface area contributed by atoms with Crippen LogP contribution in [0.25, 0.3) is 0 Å². The van der Waals surface area contributed by atoms with Gasteiger partial charge in [-0.2, -0.15) is 0 Å². The van der Waals surface area contributed by atoms with E-state index < -0.39 is 0 Å². The number of nitrogens with one attached hydrogen (secondary N) is 1. The number of likely N-dealkylation sites (tertiary alicyclic amines) is 1. The molecule has 0 spiro atoms. The van der Waals surface area contributed by atoms with Gasteiger partial charge in [0.1, 0.15) is 0 Å². The molecular formula is C15H30N2. The molecule has 1 N–H and O–H groups in total. The monoisotopic (exact) mass is 238 g/mol. The second kappa shape index (κ2) is 6.75. The summed E-state index contributed by atoms with van der Waals surface area (Å²) in [7, 11) is 2.09. The molecule has 1 unspecified atom stereocenters. The van der Waals surface area contributed by atoms with Crippen LogP contribution in [0.15, 0.2) is 0 Å². The van der Waals surface area contributed by atoms with Crippen LogP contribution in [0.3, 0.4) is 0 Å². The Labute approximate surface area is 107 Å². The minimum atomic E-state index is 0.901. The summed E-state index contributed by atoms with van der Waals surface area (Å²) in [6, 6.07) is 0.914. The maximum absolute atomic E-state index is 3.35. The first kappa shape index (κ1) is 13.4. The zero-order valence-corrected chi connectivity index (χ0v) is 11.8.